The summed E-state index contributed by atoms with van der Waals surface area (Å²) < 4.78 is 39.5. The Bertz CT molecular complexity index is 182. The average Bonchev–Trinajstić information content (AvgIpc) is 2.34. The van der Waals surface area contributed by atoms with Gasteiger partial charge in [0.15, 0.2) is 0 Å². The van der Waals surface area contributed by atoms with Gasteiger partial charge in [-0.05, 0) is 19.3 Å². The topological polar surface area (TPSA) is 0 Å². The van der Waals surface area contributed by atoms with E-state index in [-0.39, 0.29) is 6.42 Å². The highest BCUT2D eigenvalue weighted by atomic mass is 19.3. The summed E-state index contributed by atoms with van der Waals surface area (Å²) in [6.45, 7) is 0. The summed E-state index contributed by atoms with van der Waals surface area (Å²) in [6.07, 6.45) is 2.54. The van der Waals surface area contributed by atoms with Gasteiger partial charge in [0.2, 0.25) is 0 Å². The van der Waals surface area contributed by atoms with Crippen LogP contribution in [0.2, 0.25) is 0 Å². The molecule has 2 aliphatic rings. The smallest absolute Gasteiger partial charge is 0.243 e. The van der Waals surface area contributed by atoms with E-state index in [9.17, 15) is 13.2 Å². The molecule has 0 nitrogen and oxygen atoms in total. The third-order valence-corrected chi connectivity index (χ3v) is 3.34. The molecule has 70 valence electrons. The fraction of sp³-hybridized carbons (Fsp3) is 1.00. The number of hydrogen-bond acceptors (Lipinski definition) is 0. The lowest BCUT2D eigenvalue weighted by Gasteiger charge is -2.43. The van der Waals surface area contributed by atoms with E-state index in [1.54, 1.807) is 0 Å². The van der Waals surface area contributed by atoms with Crippen molar-refractivity contribution in [1.29, 1.82) is 0 Å². The lowest BCUT2D eigenvalue weighted by atomic mass is 9.70. The van der Waals surface area contributed by atoms with Gasteiger partial charge in [-0.2, -0.15) is 0 Å². The third-order valence-electron chi connectivity index (χ3n) is 3.34. The summed E-state index contributed by atoms with van der Waals surface area (Å²) in [7, 11) is 0. The Morgan fingerprint density at radius 2 is 1.50 bits per heavy atom. The average molecular weight is 178 g/mol. The van der Waals surface area contributed by atoms with E-state index in [0.29, 0.717) is 19.3 Å². The van der Waals surface area contributed by atoms with E-state index in [1.165, 1.54) is 0 Å². The molecular formula is C9H13F3. The molecule has 0 bridgehead atoms. The van der Waals surface area contributed by atoms with Crippen molar-refractivity contribution in [1.82, 2.24) is 0 Å². The quantitative estimate of drug-likeness (QED) is 0.577. The summed E-state index contributed by atoms with van der Waals surface area (Å²) in [5.74, 6) is -3.67. The molecule has 0 heterocycles. The maximum absolute atomic E-state index is 13.8. The number of alkyl halides is 3. The van der Waals surface area contributed by atoms with Crippen LogP contribution < -0.4 is 0 Å². The van der Waals surface area contributed by atoms with Gasteiger partial charge in [-0.3, -0.25) is 0 Å². The molecule has 3 heteroatoms. The maximum atomic E-state index is 13.8. The Labute approximate surface area is 70.1 Å². The second kappa shape index (κ2) is 2.39. The van der Waals surface area contributed by atoms with Crippen molar-refractivity contribution in [2.24, 2.45) is 5.92 Å². The molecule has 2 saturated carbocycles. The number of rotatable bonds is 1. The molecular weight excluding hydrogens is 165 g/mol. The van der Waals surface area contributed by atoms with Crippen LogP contribution in [0.4, 0.5) is 13.2 Å². The molecule has 2 rings (SSSR count). The highest BCUT2D eigenvalue weighted by Crippen LogP contribution is 2.55. The summed E-state index contributed by atoms with van der Waals surface area (Å²) in [6, 6.07) is 0. The van der Waals surface area contributed by atoms with Gasteiger partial charge in [-0.25, -0.2) is 13.2 Å². The van der Waals surface area contributed by atoms with Gasteiger partial charge < -0.3 is 0 Å². The van der Waals surface area contributed by atoms with Crippen molar-refractivity contribution in [3.63, 3.8) is 0 Å². The fourth-order valence-electron chi connectivity index (χ4n) is 2.46. The Balaban J connectivity index is 2.08. The molecule has 0 aromatic carbocycles. The van der Waals surface area contributed by atoms with E-state index in [1.807, 2.05) is 0 Å². The zero-order valence-electron chi connectivity index (χ0n) is 6.95. The first-order valence-electron chi connectivity index (χ1n) is 4.61. The first-order valence-corrected chi connectivity index (χ1v) is 4.61. The Hall–Kier alpha value is -0.210. The normalized spacial score (nSPS) is 37.8. The maximum Gasteiger partial charge on any atom is 0.254 e. The minimum Gasteiger partial charge on any atom is -0.243 e. The molecule has 1 atom stereocenters. The van der Waals surface area contributed by atoms with E-state index in [0.717, 1.165) is 12.8 Å². The van der Waals surface area contributed by atoms with Gasteiger partial charge in [0, 0.05) is 6.42 Å². The first-order chi connectivity index (χ1) is 5.55. The molecule has 0 aromatic heterocycles. The van der Waals surface area contributed by atoms with Gasteiger partial charge >= 0.3 is 0 Å². The molecule has 12 heavy (non-hydrogen) atoms. The lowest BCUT2D eigenvalue weighted by molar-refractivity contribution is -0.185. The SMILES string of the molecule is FC1(F)CCC1C1(F)CCCC1. The van der Waals surface area contributed by atoms with Crippen LogP contribution in [0, 0.1) is 5.92 Å². The summed E-state index contributed by atoms with van der Waals surface area (Å²) >= 11 is 0. The highest BCUT2D eigenvalue weighted by Gasteiger charge is 2.59. The van der Waals surface area contributed by atoms with Gasteiger partial charge in [-0.1, -0.05) is 12.8 Å². The minimum atomic E-state index is -2.71. The van der Waals surface area contributed by atoms with Gasteiger partial charge in [0.1, 0.15) is 5.67 Å². The van der Waals surface area contributed by atoms with Crippen molar-refractivity contribution < 1.29 is 13.2 Å². The molecule has 0 amide bonds. The van der Waals surface area contributed by atoms with E-state index < -0.39 is 17.5 Å². The van der Waals surface area contributed by atoms with Crippen LogP contribution in [-0.4, -0.2) is 11.6 Å². The highest BCUT2D eigenvalue weighted by molar-refractivity contribution is 5.03. The second-order valence-electron chi connectivity index (χ2n) is 4.09. The van der Waals surface area contributed by atoms with Crippen LogP contribution in [0.1, 0.15) is 38.5 Å². The molecule has 2 aliphatic carbocycles. The Morgan fingerprint density at radius 3 is 1.83 bits per heavy atom. The van der Waals surface area contributed by atoms with Crippen molar-refractivity contribution in [2.45, 2.75) is 50.1 Å². The molecule has 2 fully saturated rings. The molecule has 0 N–H and O–H groups in total. The van der Waals surface area contributed by atoms with Crippen LogP contribution in [-0.2, 0) is 0 Å². The molecule has 1 unspecified atom stereocenters. The van der Waals surface area contributed by atoms with Crippen molar-refractivity contribution in [3.05, 3.63) is 0 Å². The standard InChI is InChI=1S/C9H13F3/c10-8(4-1-2-5-8)7-3-6-9(7,11)12/h7H,1-6H2. The summed E-state index contributed by atoms with van der Waals surface area (Å²) in [5, 5.41) is 0. The Kier molecular flexibility index (Phi) is 1.67. The van der Waals surface area contributed by atoms with Gasteiger partial charge in [0.25, 0.3) is 5.92 Å². The van der Waals surface area contributed by atoms with Crippen LogP contribution in [0.15, 0.2) is 0 Å². The lowest BCUT2D eigenvalue weighted by Crippen LogP contribution is -2.50. The molecule has 0 spiro atoms. The van der Waals surface area contributed by atoms with Crippen LogP contribution in [0.25, 0.3) is 0 Å². The summed E-state index contributed by atoms with van der Waals surface area (Å²) in [5.41, 5.74) is -1.53. The predicted molar refractivity (Wildman–Crippen MR) is 40.0 cm³/mol. The third kappa shape index (κ3) is 1.05. The number of hydrogen-bond donors (Lipinski definition) is 0. The zero-order chi connectivity index (χ0) is 8.82. The second-order valence-corrected chi connectivity index (χ2v) is 4.09. The van der Waals surface area contributed by atoms with Gasteiger partial charge in [-0.15, -0.1) is 0 Å². The number of halogens is 3. The van der Waals surface area contributed by atoms with Crippen molar-refractivity contribution in [3.8, 4) is 0 Å². The molecule has 0 saturated heterocycles. The van der Waals surface area contributed by atoms with Gasteiger partial charge in [0.05, 0.1) is 5.92 Å². The van der Waals surface area contributed by atoms with Crippen LogP contribution in [0.5, 0.6) is 0 Å². The van der Waals surface area contributed by atoms with Crippen LogP contribution >= 0.6 is 0 Å². The largest absolute Gasteiger partial charge is 0.254 e. The van der Waals surface area contributed by atoms with Crippen LogP contribution in [0.3, 0.4) is 0 Å². The predicted octanol–water partition coefficient (Wildman–Crippen LogP) is 3.31. The van der Waals surface area contributed by atoms with Crippen molar-refractivity contribution in [2.75, 3.05) is 0 Å². The zero-order valence-corrected chi connectivity index (χ0v) is 6.95. The van der Waals surface area contributed by atoms with E-state index >= 15 is 0 Å². The Morgan fingerprint density at radius 1 is 0.917 bits per heavy atom. The monoisotopic (exact) mass is 178 g/mol. The minimum absolute atomic E-state index is 0.108. The van der Waals surface area contributed by atoms with E-state index in [2.05, 4.69) is 0 Å². The van der Waals surface area contributed by atoms with Crippen molar-refractivity contribution >= 4 is 0 Å². The molecule has 0 aliphatic heterocycles. The molecule has 0 aromatic rings. The first kappa shape index (κ1) is 8.39. The van der Waals surface area contributed by atoms with E-state index in [4.69, 9.17) is 0 Å². The molecule has 0 radical (unpaired) electrons. The fourth-order valence-corrected chi connectivity index (χ4v) is 2.46. The summed E-state index contributed by atoms with van der Waals surface area (Å²) in [4.78, 5) is 0.